The first-order valence-electron chi connectivity index (χ1n) is 9.33. The van der Waals surface area contributed by atoms with Gasteiger partial charge in [-0.3, -0.25) is 0 Å². The summed E-state index contributed by atoms with van der Waals surface area (Å²) >= 11 is 0. The van der Waals surface area contributed by atoms with Crippen molar-refractivity contribution in [3.8, 4) is 16.9 Å². The zero-order valence-corrected chi connectivity index (χ0v) is 17.1. The van der Waals surface area contributed by atoms with Crippen LogP contribution in [0, 0.1) is 5.82 Å². The minimum Gasteiger partial charge on any atom is -0.496 e. The lowest BCUT2D eigenvalue weighted by molar-refractivity contribution is 0.415. The van der Waals surface area contributed by atoms with Gasteiger partial charge in [0.1, 0.15) is 17.2 Å². The topological polar surface area (TPSA) is 75.3 Å². The number of benzene rings is 1. The predicted octanol–water partition coefficient (Wildman–Crippen LogP) is 3.82. The molecule has 1 aliphatic rings. The molecule has 3 aromatic rings. The van der Waals surface area contributed by atoms with Gasteiger partial charge in [0.2, 0.25) is 10.0 Å². The lowest BCUT2D eigenvalue weighted by atomic mass is 10.0. The van der Waals surface area contributed by atoms with Gasteiger partial charge in [-0.15, -0.1) is 0 Å². The van der Waals surface area contributed by atoms with Crippen LogP contribution in [0.1, 0.15) is 18.5 Å². The van der Waals surface area contributed by atoms with E-state index in [1.54, 1.807) is 19.4 Å². The fraction of sp³-hybridized carbons (Fsp3) is 0.286. The number of hydrogen-bond acceptors (Lipinski definition) is 4. The van der Waals surface area contributed by atoms with Crippen molar-refractivity contribution >= 4 is 26.6 Å². The van der Waals surface area contributed by atoms with Gasteiger partial charge in [0.25, 0.3) is 0 Å². The lowest BCUT2D eigenvalue weighted by Gasteiger charge is -2.16. The van der Waals surface area contributed by atoms with E-state index in [0.29, 0.717) is 42.9 Å². The molecule has 0 fully saturated rings. The van der Waals surface area contributed by atoms with E-state index in [1.165, 1.54) is 22.7 Å². The predicted molar refractivity (Wildman–Crippen MR) is 112 cm³/mol. The molecule has 0 aliphatic carbocycles. The van der Waals surface area contributed by atoms with Crippen LogP contribution in [0.25, 0.3) is 27.7 Å². The van der Waals surface area contributed by atoms with E-state index in [2.05, 4.69) is 16.0 Å². The Morgan fingerprint density at radius 1 is 1.17 bits per heavy atom. The molecule has 3 heterocycles. The summed E-state index contributed by atoms with van der Waals surface area (Å²) < 4.78 is 44.5. The zero-order chi connectivity index (χ0) is 20.6. The second-order valence-corrected chi connectivity index (χ2v) is 9.06. The van der Waals surface area contributed by atoms with E-state index in [0.717, 1.165) is 22.2 Å². The van der Waals surface area contributed by atoms with Crippen LogP contribution < -0.4 is 4.74 Å². The number of aromatic nitrogens is 2. The molecule has 1 aliphatic heterocycles. The van der Waals surface area contributed by atoms with Gasteiger partial charge in [-0.1, -0.05) is 6.08 Å². The zero-order valence-electron chi connectivity index (χ0n) is 16.3. The number of ether oxygens (including phenoxy) is 1. The van der Waals surface area contributed by atoms with E-state index in [-0.39, 0.29) is 5.82 Å². The molecule has 29 heavy (non-hydrogen) atoms. The van der Waals surface area contributed by atoms with Crippen LogP contribution in [0.4, 0.5) is 4.39 Å². The lowest BCUT2D eigenvalue weighted by Crippen LogP contribution is -2.30. The van der Waals surface area contributed by atoms with Gasteiger partial charge in [-0.25, -0.2) is 22.1 Å². The van der Waals surface area contributed by atoms with Crippen molar-refractivity contribution in [1.82, 2.24) is 14.3 Å². The maximum atomic E-state index is 13.9. The molecule has 152 valence electrons. The molecular weight excluding hydrogens is 393 g/mol. The number of methoxy groups -OCH3 is 1. The molecule has 0 radical (unpaired) electrons. The smallest absolute Gasteiger partial charge is 0.211 e. The number of H-pyrrole nitrogens is 1. The van der Waals surface area contributed by atoms with Gasteiger partial charge in [0.15, 0.2) is 0 Å². The highest BCUT2D eigenvalue weighted by Gasteiger charge is 2.20. The summed E-state index contributed by atoms with van der Waals surface area (Å²) in [6.07, 6.45) is 6.24. The average Bonchev–Trinajstić information content (AvgIpc) is 2.95. The number of sulfonamides is 1. The molecule has 2 aromatic heterocycles. The quantitative estimate of drug-likeness (QED) is 0.703. The Balaban J connectivity index is 1.74. The third kappa shape index (κ3) is 3.90. The van der Waals surface area contributed by atoms with Gasteiger partial charge in [0, 0.05) is 35.9 Å². The Kier molecular flexibility index (Phi) is 5.14. The molecule has 0 saturated carbocycles. The first kappa shape index (κ1) is 19.6. The van der Waals surface area contributed by atoms with E-state index in [9.17, 15) is 12.8 Å². The van der Waals surface area contributed by atoms with Gasteiger partial charge in [0.05, 0.1) is 13.4 Å². The molecule has 0 spiro atoms. The van der Waals surface area contributed by atoms with Crippen molar-refractivity contribution in [3.05, 3.63) is 54.1 Å². The Labute approximate surface area is 169 Å². The van der Waals surface area contributed by atoms with Crippen LogP contribution in [0.5, 0.6) is 5.75 Å². The fourth-order valence-corrected chi connectivity index (χ4v) is 4.60. The number of halogens is 1. The van der Waals surface area contributed by atoms with Gasteiger partial charge in [-0.2, -0.15) is 0 Å². The third-order valence-electron chi connectivity index (χ3n) is 5.20. The number of pyridine rings is 1. The number of fused-ring (bicyclic) bond motifs is 1. The first-order chi connectivity index (χ1) is 13.9. The molecule has 0 amide bonds. The third-order valence-corrected chi connectivity index (χ3v) is 6.50. The van der Waals surface area contributed by atoms with Crippen molar-refractivity contribution < 1.29 is 17.5 Å². The SMILES string of the molecule is COc1ccc(F)cc1-c1ccnc2[nH]c(C3=CCCN(S(C)(=O)=O)CC3)cc12. The number of aromatic amines is 1. The molecule has 1 N–H and O–H groups in total. The molecule has 4 rings (SSSR count). The monoisotopic (exact) mass is 415 g/mol. The van der Waals surface area contributed by atoms with Crippen LogP contribution in [-0.4, -0.2) is 49.1 Å². The molecule has 6 nitrogen and oxygen atoms in total. The van der Waals surface area contributed by atoms with Crippen LogP contribution in [0.2, 0.25) is 0 Å². The normalized spacial score (nSPS) is 15.9. The van der Waals surface area contributed by atoms with E-state index in [1.807, 2.05) is 12.1 Å². The van der Waals surface area contributed by atoms with Crippen molar-refractivity contribution in [3.63, 3.8) is 0 Å². The number of nitrogens with zero attached hydrogens (tertiary/aromatic N) is 2. The van der Waals surface area contributed by atoms with Crippen molar-refractivity contribution in [2.45, 2.75) is 12.8 Å². The van der Waals surface area contributed by atoms with E-state index < -0.39 is 10.0 Å². The Morgan fingerprint density at radius 2 is 2.00 bits per heavy atom. The molecule has 1 aromatic carbocycles. The van der Waals surface area contributed by atoms with Gasteiger partial charge >= 0.3 is 0 Å². The first-order valence-corrected chi connectivity index (χ1v) is 11.2. The maximum absolute atomic E-state index is 13.9. The molecule has 0 unspecified atom stereocenters. The van der Waals surface area contributed by atoms with Gasteiger partial charge < -0.3 is 9.72 Å². The second-order valence-electron chi connectivity index (χ2n) is 7.08. The molecule has 0 bridgehead atoms. The fourth-order valence-electron chi connectivity index (χ4n) is 3.74. The molecule has 0 saturated heterocycles. The van der Waals surface area contributed by atoms with E-state index >= 15 is 0 Å². The van der Waals surface area contributed by atoms with Crippen molar-refractivity contribution in [1.29, 1.82) is 0 Å². The molecular formula is C21H22FN3O3S. The number of hydrogen-bond donors (Lipinski definition) is 1. The summed E-state index contributed by atoms with van der Waals surface area (Å²) in [7, 11) is -1.65. The molecule has 0 atom stereocenters. The van der Waals surface area contributed by atoms with Crippen LogP contribution in [0.15, 0.2) is 42.6 Å². The minimum absolute atomic E-state index is 0.339. The number of nitrogens with one attached hydrogen (secondary N) is 1. The van der Waals surface area contributed by atoms with Gasteiger partial charge in [-0.05, 0) is 54.3 Å². The average molecular weight is 415 g/mol. The maximum Gasteiger partial charge on any atom is 0.211 e. The number of rotatable bonds is 4. The Hall–Kier alpha value is -2.71. The van der Waals surface area contributed by atoms with E-state index in [4.69, 9.17) is 4.74 Å². The summed E-state index contributed by atoms with van der Waals surface area (Å²) in [5, 5.41) is 0.858. The standard InChI is InChI=1S/C21H22FN3O3S/c1-28-20-6-5-15(22)12-17(20)16-7-9-23-21-18(16)13-19(24-21)14-4-3-10-25(11-8-14)29(2,26)27/h4-7,9,12-13H,3,8,10-11H2,1-2H3,(H,23,24). The Bertz CT molecular complexity index is 1200. The largest absolute Gasteiger partial charge is 0.496 e. The van der Waals surface area contributed by atoms with Crippen molar-refractivity contribution in [2.75, 3.05) is 26.5 Å². The summed E-state index contributed by atoms with van der Waals surface area (Å²) in [5.41, 5.74) is 4.11. The minimum atomic E-state index is -3.21. The summed E-state index contributed by atoms with van der Waals surface area (Å²) in [4.78, 5) is 7.74. The van der Waals surface area contributed by atoms with Crippen molar-refractivity contribution in [2.24, 2.45) is 0 Å². The summed E-state index contributed by atoms with van der Waals surface area (Å²) in [6.45, 7) is 0.921. The molecule has 8 heteroatoms. The highest BCUT2D eigenvalue weighted by Crippen LogP contribution is 2.36. The van der Waals surface area contributed by atoms with Crippen LogP contribution in [0.3, 0.4) is 0 Å². The van der Waals surface area contributed by atoms with Crippen LogP contribution in [-0.2, 0) is 10.0 Å². The highest BCUT2D eigenvalue weighted by molar-refractivity contribution is 7.88. The summed E-state index contributed by atoms with van der Waals surface area (Å²) in [5.74, 6) is 0.244. The highest BCUT2D eigenvalue weighted by atomic mass is 32.2. The summed E-state index contributed by atoms with van der Waals surface area (Å²) in [6, 6.07) is 8.26. The Morgan fingerprint density at radius 3 is 2.76 bits per heavy atom. The van der Waals surface area contributed by atoms with Crippen LogP contribution >= 0.6 is 0 Å². The second kappa shape index (κ2) is 7.61.